The summed E-state index contributed by atoms with van der Waals surface area (Å²) >= 11 is 0. The minimum Gasteiger partial charge on any atom is -0.507 e. The van der Waals surface area contributed by atoms with E-state index in [2.05, 4.69) is 20.6 Å². The van der Waals surface area contributed by atoms with E-state index in [0.717, 1.165) is 53.3 Å². The zero-order chi connectivity index (χ0) is 26.1. The number of hydrogen-bond donors (Lipinski definition) is 3. The van der Waals surface area contributed by atoms with Crippen LogP contribution in [-0.2, 0) is 23.5 Å². The maximum Gasteiger partial charge on any atom is 0.399 e. The zero-order valence-corrected chi connectivity index (χ0v) is 20.9. The highest BCUT2D eigenvalue weighted by atomic mass is 32.3. The maximum absolute atomic E-state index is 12.2. The molecule has 4 N–H and O–H groups in total. The van der Waals surface area contributed by atoms with Crippen LogP contribution in [0.1, 0.15) is 51.6 Å². The number of ether oxygens (including phenoxy) is 1. The minimum absolute atomic E-state index is 0.0393. The van der Waals surface area contributed by atoms with Crippen molar-refractivity contribution >= 4 is 22.0 Å². The smallest absolute Gasteiger partial charge is 0.399 e. The van der Waals surface area contributed by atoms with Crippen molar-refractivity contribution in [1.29, 1.82) is 0 Å². The van der Waals surface area contributed by atoms with E-state index in [1.54, 1.807) is 36.4 Å². The van der Waals surface area contributed by atoms with E-state index >= 15 is 0 Å². The quantitative estimate of drug-likeness (QED) is 0.465. The summed E-state index contributed by atoms with van der Waals surface area (Å²) in [5.41, 5.74) is 6.60. The van der Waals surface area contributed by atoms with Crippen LogP contribution in [0.3, 0.4) is 0 Å². The van der Waals surface area contributed by atoms with Crippen LogP contribution in [0.5, 0.6) is 5.75 Å². The largest absolute Gasteiger partial charge is 0.507 e. The zero-order valence-electron chi connectivity index (χ0n) is 20.1. The van der Waals surface area contributed by atoms with E-state index in [1.165, 1.54) is 6.07 Å². The second kappa shape index (κ2) is 12.9. The summed E-state index contributed by atoms with van der Waals surface area (Å²) in [7, 11) is -1.60. The average molecular weight is 509 g/mol. The van der Waals surface area contributed by atoms with Crippen molar-refractivity contribution in [2.75, 3.05) is 40.5 Å². The summed E-state index contributed by atoms with van der Waals surface area (Å²) in [5, 5.41) is 13.0. The number of rotatable bonds is 5. The van der Waals surface area contributed by atoms with Crippen LogP contribution in [0.25, 0.3) is 0 Å². The molecule has 1 fully saturated rings. The van der Waals surface area contributed by atoms with Crippen LogP contribution < -0.4 is 11.1 Å². The van der Waals surface area contributed by atoms with Crippen LogP contribution in [0, 0.1) is 0 Å². The highest BCUT2D eigenvalue weighted by molar-refractivity contribution is 7.81. The third-order valence-corrected chi connectivity index (χ3v) is 6.29. The highest BCUT2D eigenvalue weighted by Gasteiger charge is 2.31. The third-order valence-electron chi connectivity index (χ3n) is 5.48. The number of morpholine rings is 1. The van der Waals surface area contributed by atoms with E-state index < -0.39 is 10.4 Å². The van der Waals surface area contributed by atoms with Crippen molar-refractivity contribution in [1.82, 2.24) is 5.32 Å². The molecule has 1 heterocycles. The second-order valence-corrected chi connectivity index (χ2v) is 9.50. The van der Waals surface area contributed by atoms with Crippen molar-refractivity contribution in [2.45, 2.75) is 25.4 Å². The molecule has 10 nitrogen and oxygen atoms in total. The SMILES string of the molecule is CC1(CCCN)CNCCO1.COS(=O)(=O)OC.O=C1c2ccccc2C(=O)c2c(O)cccc21. The van der Waals surface area contributed by atoms with Crippen molar-refractivity contribution in [2.24, 2.45) is 5.73 Å². The van der Waals surface area contributed by atoms with Gasteiger partial charge in [-0.15, -0.1) is 0 Å². The van der Waals surface area contributed by atoms with Gasteiger partial charge in [-0.3, -0.25) is 18.0 Å². The second-order valence-electron chi connectivity index (χ2n) is 8.01. The van der Waals surface area contributed by atoms with Gasteiger partial charge in [0.1, 0.15) is 5.75 Å². The first kappa shape index (κ1) is 28.6. The summed E-state index contributed by atoms with van der Waals surface area (Å²) in [5.74, 6) is -0.658. The molecule has 11 heteroatoms. The van der Waals surface area contributed by atoms with Gasteiger partial charge in [0.2, 0.25) is 0 Å². The summed E-state index contributed by atoms with van der Waals surface area (Å²) in [4.78, 5) is 24.3. The molecule has 35 heavy (non-hydrogen) atoms. The summed E-state index contributed by atoms with van der Waals surface area (Å²) in [6.45, 7) is 5.69. The molecule has 0 spiro atoms. The van der Waals surface area contributed by atoms with Gasteiger partial charge < -0.3 is 20.9 Å². The summed E-state index contributed by atoms with van der Waals surface area (Å²) < 4.78 is 33.2. The Kier molecular flexibility index (Phi) is 10.5. The molecule has 0 saturated carbocycles. The van der Waals surface area contributed by atoms with Gasteiger partial charge in [0.15, 0.2) is 11.6 Å². The molecule has 2 aromatic rings. The fourth-order valence-corrected chi connectivity index (χ4v) is 3.74. The van der Waals surface area contributed by atoms with E-state index in [0.29, 0.717) is 11.1 Å². The molecule has 1 saturated heterocycles. The Morgan fingerprint density at radius 1 is 1.03 bits per heavy atom. The van der Waals surface area contributed by atoms with Gasteiger partial charge in [0, 0.05) is 29.8 Å². The number of carbonyl (C=O) groups is 2. The Bertz CT molecular complexity index is 1120. The van der Waals surface area contributed by atoms with Crippen LogP contribution in [0.2, 0.25) is 0 Å². The molecule has 4 rings (SSSR count). The van der Waals surface area contributed by atoms with Crippen molar-refractivity contribution in [3.8, 4) is 5.75 Å². The van der Waals surface area contributed by atoms with Crippen molar-refractivity contribution in [3.05, 3.63) is 64.7 Å². The number of carbonyl (C=O) groups excluding carboxylic acids is 2. The average Bonchev–Trinajstić information content (AvgIpc) is 2.87. The Balaban J connectivity index is 0.000000207. The van der Waals surface area contributed by atoms with E-state index in [-0.39, 0.29) is 34.0 Å². The molecule has 2 aliphatic rings. The first-order valence-electron chi connectivity index (χ1n) is 11.0. The Labute approximate surface area is 205 Å². The van der Waals surface area contributed by atoms with Crippen LogP contribution in [0.15, 0.2) is 42.5 Å². The molecule has 192 valence electrons. The van der Waals surface area contributed by atoms with E-state index in [1.807, 2.05) is 0 Å². The molecule has 2 aromatic carbocycles. The Morgan fingerprint density at radius 3 is 2.14 bits per heavy atom. The van der Waals surface area contributed by atoms with Gasteiger partial charge in [0.05, 0.1) is 32.0 Å². The molecule has 1 aliphatic carbocycles. The lowest BCUT2D eigenvalue weighted by Gasteiger charge is -2.34. The molecule has 0 radical (unpaired) electrons. The monoisotopic (exact) mass is 508 g/mol. The van der Waals surface area contributed by atoms with Crippen molar-refractivity contribution < 1.29 is 36.2 Å². The lowest BCUT2D eigenvalue weighted by atomic mass is 9.84. The van der Waals surface area contributed by atoms with Crippen molar-refractivity contribution in [3.63, 3.8) is 0 Å². The minimum atomic E-state index is -3.66. The topological polar surface area (TPSA) is 154 Å². The highest BCUT2D eigenvalue weighted by Crippen LogP contribution is 2.32. The van der Waals surface area contributed by atoms with Gasteiger partial charge in [-0.1, -0.05) is 36.4 Å². The first-order chi connectivity index (χ1) is 16.6. The van der Waals surface area contributed by atoms with Crippen LogP contribution >= 0.6 is 0 Å². The van der Waals surface area contributed by atoms with Gasteiger partial charge in [-0.25, -0.2) is 0 Å². The summed E-state index contributed by atoms with van der Waals surface area (Å²) in [6.07, 6.45) is 2.12. The normalized spacial score (nSPS) is 18.9. The first-order valence-corrected chi connectivity index (χ1v) is 12.3. The Hall–Kier alpha value is -2.67. The van der Waals surface area contributed by atoms with Crippen LogP contribution in [0.4, 0.5) is 0 Å². The maximum atomic E-state index is 12.2. The number of nitrogens with two attached hydrogens (primary N) is 1. The van der Waals surface area contributed by atoms with Gasteiger partial charge in [-0.2, -0.15) is 8.42 Å². The predicted molar refractivity (Wildman–Crippen MR) is 130 cm³/mol. The summed E-state index contributed by atoms with van der Waals surface area (Å²) in [6, 6.07) is 11.2. The number of nitrogens with one attached hydrogen (secondary N) is 1. The number of ketones is 2. The third kappa shape index (κ3) is 7.66. The molecule has 0 aromatic heterocycles. The molecule has 1 aliphatic heterocycles. The molecular weight excluding hydrogens is 476 g/mol. The van der Waals surface area contributed by atoms with Gasteiger partial charge in [-0.05, 0) is 32.4 Å². The lowest BCUT2D eigenvalue weighted by Crippen LogP contribution is -2.47. The number of hydrogen-bond acceptors (Lipinski definition) is 10. The lowest BCUT2D eigenvalue weighted by molar-refractivity contribution is -0.0582. The van der Waals surface area contributed by atoms with Crippen LogP contribution in [-0.4, -0.2) is 71.2 Å². The number of fused-ring (bicyclic) bond motifs is 2. The van der Waals surface area contributed by atoms with E-state index in [4.69, 9.17) is 10.5 Å². The van der Waals surface area contributed by atoms with Gasteiger partial charge in [0.25, 0.3) is 0 Å². The predicted octanol–water partition coefficient (Wildman–Crippen LogP) is 1.80. The number of aromatic hydroxyl groups is 1. The number of benzene rings is 2. The molecule has 1 unspecified atom stereocenters. The van der Waals surface area contributed by atoms with Gasteiger partial charge >= 0.3 is 10.4 Å². The fourth-order valence-electron chi connectivity index (χ4n) is 3.60. The molecule has 0 bridgehead atoms. The molecular formula is C24H32N2O8S. The number of phenols is 1. The molecule has 1 atom stereocenters. The Morgan fingerprint density at radius 2 is 1.63 bits per heavy atom. The van der Waals surface area contributed by atoms with E-state index in [9.17, 15) is 23.1 Å². The standard InChI is InChI=1S/C14H8O3.C8H18N2O.C2H6O4S/c15-11-7-3-6-10-12(11)14(17)9-5-2-1-4-8(9)13(10)16;1-8(3-2-4-9)7-10-5-6-11-8;1-5-7(3,4)6-2/h1-7,15H;10H,2-7,9H2,1H3;1-2H3. The molecule has 0 amide bonds. The number of phenolic OH excluding ortho intramolecular Hbond substituents is 1. The fraction of sp³-hybridized carbons (Fsp3) is 0.417.